The van der Waals surface area contributed by atoms with Crippen LogP contribution in [-0.4, -0.2) is 43.0 Å². The Balaban J connectivity index is 1.95. The Morgan fingerprint density at radius 1 is 0.868 bits per heavy atom. The van der Waals surface area contributed by atoms with Gasteiger partial charge in [-0.2, -0.15) is 0 Å². The summed E-state index contributed by atoms with van der Waals surface area (Å²) in [5, 5.41) is 3.87. The van der Waals surface area contributed by atoms with Crippen molar-refractivity contribution < 1.29 is 19.1 Å². The third-order valence-corrected chi connectivity index (χ3v) is 6.88. The summed E-state index contributed by atoms with van der Waals surface area (Å²) in [6, 6.07) is 19.6. The lowest BCUT2D eigenvalue weighted by atomic mass is 10.0. The second kappa shape index (κ2) is 14.1. The topological polar surface area (TPSA) is 67.9 Å². The number of halogens is 2. The first kappa shape index (κ1) is 29.3. The van der Waals surface area contributed by atoms with Crippen LogP contribution in [0.3, 0.4) is 0 Å². The SMILES string of the molecule is COc1ccc(CCC(=O)N(Cc2c(Cl)cccc2Cl)[C@@H](Cc2ccccc2)C(=O)NC(C)C)cc1OC. The van der Waals surface area contributed by atoms with Crippen molar-refractivity contribution in [2.75, 3.05) is 14.2 Å². The maximum absolute atomic E-state index is 13.8. The molecule has 0 unspecified atom stereocenters. The standard InChI is InChI=1S/C30H34Cl2N2O4/c1-20(2)33-30(36)26(17-21-9-6-5-7-10-21)34(19-23-24(31)11-8-12-25(23)32)29(35)16-14-22-13-15-27(37-3)28(18-22)38-4/h5-13,15,18,20,26H,14,16-17,19H2,1-4H3,(H,33,36)/t26-/m0/s1. The maximum Gasteiger partial charge on any atom is 0.243 e. The Kier molecular flexibility index (Phi) is 10.9. The van der Waals surface area contributed by atoms with Gasteiger partial charge in [0.15, 0.2) is 11.5 Å². The van der Waals surface area contributed by atoms with Gasteiger partial charge in [-0.25, -0.2) is 0 Å². The van der Waals surface area contributed by atoms with E-state index in [0.717, 1.165) is 11.1 Å². The molecule has 0 saturated heterocycles. The fourth-order valence-electron chi connectivity index (χ4n) is 4.22. The van der Waals surface area contributed by atoms with Gasteiger partial charge >= 0.3 is 0 Å². The minimum Gasteiger partial charge on any atom is -0.493 e. The van der Waals surface area contributed by atoms with E-state index in [1.54, 1.807) is 37.3 Å². The number of rotatable bonds is 12. The van der Waals surface area contributed by atoms with Gasteiger partial charge in [0.1, 0.15) is 6.04 Å². The van der Waals surface area contributed by atoms with Crippen LogP contribution < -0.4 is 14.8 Å². The molecule has 2 amide bonds. The van der Waals surface area contributed by atoms with Crippen molar-refractivity contribution in [3.63, 3.8) is 0 Å². The maximum atomic E-state index is 13.8. The van der Waals surface area contributed by atoms with Crippen LogP contribution in [0.1, 0.15) is 37.0 Å². The van der Waals surface area contributed by atoms with Crippen molar-refractivity contribution in [3.05, 3.63) is 93.5 Å². The highest BCUT2D eigenvalue weighted by Gasteiger charge is 2.31. The smallest absolute Gasteiger partial charge is 0.243 e. The summed E-state index contributed by atoms with van der Waals surface area (Å²) in [5.74, 6) is 0.795. The van der Waals surface area contributed by atoms with Crippen molar-refractivity contribution in [2.24, 2.45) is 0 Å². The monoisotopic (exact) mass is 556 g/mol. The van der Waals surface area contributed by atoms with E-state index in [1.807, 2.05) is 62.4 Å². The van der Waals surface area contributed by atoms with Crippen LogP contribution in [0.4, 0.5) is 0 Å². The highest BCUT2D eigenvalue weighted by atomic mass is 35.5. The molecule has 0 aliphatic rings. The molecule has 0 bridgehead atoms. The number of hydrogen-bond acceptors (Lipinski definition) is 4. The Labute approximate surface area is 234 Å². The van der Waals surface area contributed by atoms with Gasteiger partial charge in [0.05, 0.1) is 14.2 Å². The molecule has 0 spiro atoms. The Bertz CT molecular complexity index is 1210. The van der Waals surface area contributed by atoms with Crippen LogP contribution >= 0.6 is 23.2 Å². The van der Waals surface area contributed by atoms with Gasteiger partial charge in [-0.15, -0.1) is 0 Å². The molecule has 3 aromatic rings. The highest BCUT2D eigenvalue weighted by molar-refractivity contribution is 6.36. The van der Waals surface area contributed by atoms with Crippen molar-refractivity contribution >= 4 is 35.0 Å². The summed E-state index contributed by atoms with van der Waals surface area (Å²) in [7, 11) is 3.15. The van der Waals surface area contributed by atoms with Gasteiger partial charge in [-0.3, -0.25) is 9.59 Å². The second-order valence-corrected chi connectivity index (χ2v) is 10.1. The molecule has 38 heavy (non-hydrogen) atoms. The van der Waals surface area contributed by atoms with E-state index >= 15 is 0 Å². The first-order valence-electron chi connectivity index (χ1n) is 12.5. The predicted octanol–water partition coefficient (Wildman–Crippen LogP) is 6.11. The van der Waals surface area contributed by atoms with E-state index in [9.17, 15) is 9.59 Å². The molecule has 8 heteroatoms. The van der Waals surface area contributed by atoms with Gasteiger partial charge in [-0.1, -0.05) is 65.7 Å². The van der Waals surface area contributed by atoms with Crippen LogP contribution in [0.5, 0.6) is 11.5 Å². The van der Waals surface area contributed by atoms with E-state index in [1.165, 1.54) is 0 Å². The summed E-state index contributed by atoms with van der Waals surface area (Å²) in [4.78, 5) is 28.9. The van der Waals surface area contributed by atoms with Crippen molar-refractivity contribution in [1.82, 2.24) is 10.2 Å². The molecule has 3 rings (SSSR count). The molecule has 0 heterocycles. The van der Waals surface area contributed by atoms with Gasteiger partial charge < -0.3 is 19.7 Å². The third-order valence-electron chi connectivity index (χ3n) is 6.17. The quantitative estimate of drug-likeness (QED) is 0.292. The number of amides is 2. The van der Waals surface area contributed by atoms with E-state index in [2.05, 4.69) is 5.32 Å². The highest BCUT2D eigenvalue weighted by Crippen LogP contribution is 2.30. The van der Waals surface area contributed by atoms with E-state index < -0.39 is 6.04 Å². The van der Waals surface area contributed by atoms with E-state index in [4.69, 9.17) is 32.7 Å². The number of nitrogens with one attached hydrogen (secondary N) is 1. The zero-order valence-corrected chi connectivity index (χ0v) is 23.7. The summed E-state index contributed by atoms with van der Waals surface area (Å²) in [6.45, 7) is 3.89. The van der Waals surface area contributed by atoms with Crippen molar-refractivity contribution in [3.8, 4) is 11.5 Å². The molecule has 1 atom stereocenters. The molecule has 6 nitrogen and oxygen atoms in total. The fraction of sp³-hybridized carbons (Fsp3) is 0.333. The number of ether oxygens (including phenoxy) is 2. The van der Waals surface area contributed by atoms with Crippen LogP contribution in [0.25, 0.3) is 0 Å². The lowest BCUT2D eigenvalue weighted by molar-refractivity contribution is -0.141. The third kappa shape index (κ3) is 7.89. The Morgan fingerprint density at radius 3 is 2.13 bits per heavy atom. The summed E-state index contributed by atoms with van der Waals surface area (Å²) >= 11 is 13.0. The molecular formula is C30H34Cl2N2O4. The minimum absolute atomic E-state index is 0.0895. The normalized spacial score (nSPS) is 11.7. The predicted molar refractivity (Wildman–Crippen MR) is 152 cm³/mol. The Morgan fingerprint density at radius 2 is 1.53 bits per heavy atom. The van der Waals surface area contributed by atoms with Crippen LogP contribution in [-0.2, 0) is 29.0 Å². The van der Waals surface area contributed by atoms with Crippen LogP contribution in [0, 0.1) is 0 Å². The number of nitrogens with zero attached hydrogens (tertiary/aromatic N) is 1. The fourth-order valence-corrected chi connectivity index (χ4v) is 4.74. The van der Waals surface area contributed by atoms with Gasteiger partial charge in [0.25, 0.3) is 0 Å². The van der Waals surface area contributed by atoms with E-state index in [-0.39, 0.29) is 30.8 Å². The number of methoxy groups -OCH3 is 2. The molecule has 202 valence electrons. The largest absolute Gasteiger partial charge is 0.493 e. The summed E-state index contributed by atoms with van der Waals surface area (Å²) in [6.07, 6.45) is 0.983. The zero-order valence-electron chi connectivity index (χ0n) is 22.2. The lowest BCUT2D eigenvalue weighted by Crippen LogP contribution is -2.51. The average Bonchev–Trinajstić information content (AvgIpc) is 2.90. The number of carbonyl (C=O) groups is 2. The number of aryl methyl sites for hydroxylation is 1. The molecule has 0 aromatic heterocycles. The lowest BCUT2D eigenvalue weighted by Gasteiger charge is -2.32. The minimum atomic E-state index is -0.759. The first-order chi connectivity index (χ1) is 18.2. The summed E-state index contributed by atoms with van der Waals surface area (Å²) in [5.41, 5.74) is 2.46. The summed E-state index contributed by atoms with van der Waals surface area (Å²) < 4.78 is 10.7. The molecule has 3 aromatic carbocycles. The number of hydrogen-bond donors (Lipinski definition) is 1. The van der Waals surface area contributed by atoms with Gasteiger partial charge in [0, 0.05) is 41.0 Å². The average molecular weight is 558 g/mol. The van der Waals surface area contributed by atoms with Crippen LogP contribution in [0.15, 0.2) is 66.7 Å². The molecule has 1 N–H and O–H groups in total. The first-order valence-corrected chi connectivity index (χ1v) is 13.3. The van der Waals surface area contributed by atoms with Gasteiger partial charge in [-0.05, 0) is 55.7 Å². The number of benzene rings is 3. The van der Waals surface area contributed by atoms with Gasteiger partial charge in [0.2, 0.25) is 11.8 Å². The second-order valence-electron chi connectivity index (χ2n) is 9.28. The molecule has 0 aliphatic carbocycles. The molecule has 0 aliphatic heterocycles. The molecular weight excluding hydrogens is 523 g/mol. The van der Waals surface area contributed by atoms with Crippen molar-refractivity contribution in [1.29, 1.82) is 0 Å². The Hall–Kier alpha value is -3.22. The molecule has 0 fully saturated rings. The molecule has 0 radical (unpaired) electrons. The zero-order chi connectivity index (χ0) is 27.7. The molecule has 0 saturated carbocycles. The number of carbonyl (C=O) groups excluding carboxylic acids is 2. The van der Waals surface area contributed by atoms with Crippen molar-refractivity contribution in [2.45, 2.75) is 51.7 Å². The van der Waals surface area contributed by atoms with Crippen LogP contribution in [0.2, 0.25) is 10.0 Å². The van der Waals surface area contributed by atoms with E-state index in [0.29, 0.717) is 39.9 Å².